The summed E-state index contributed by atoms with van der Waals surface area (Å²) in [6.45, 7) is 8.88. The van der Waals surface area contributed by atoms with Gasteiger partial charge >= 0.3 is 0 Å². The van der Waals surface area contributed by atoms with Crippen molar-refractivity contribution in [2.75, 3.05) is 26.2 Å². The Hall–Kier alpha value is -0.590. The molecule has 2 aliphatic heterocycles. The Morgan fingerprint density at radius 1 is 1.41 bits per heavy atom. The summed E-state index contributed by atoms with van der Waals surface area (Å²) in [5.74, 6) is 0.563. The summed E-state index contributed by atoms with van der Waals surface area (Å²) < 4.78 is 5.70. The van der Waals surface area contributed by atoms with Crippen LogP contribution in [0, 0.1) is 22.7 Å². The largest absolute Gasteiger partial charge is 0.377 e. The third kappa shape index (κ3) is 3.20. The Morgan fingerprint density at radius 3 is 2.82 bits per heavy atom. The summed E-state index contributed by atoms with van der Waals surface area (Å²) in [6, 6.07) is 2.34. The zero-order valence-electron chi connectivity index (χ0n) is 11.1. The van der Waals surface area contributed by atoms with E-state index < -0.39 is 0 Å². The van der Waals surface area contributed by atoms with Crippen LogP contribution in [0.3, 0.4) is 0 Å². The standard InChI is InChI=1S/C14H24N2O/c1-14(2)11-16(8-6-12(14)5-7-15)10-13-4-3-9-17-13/h12-13H,3-6,8-11H2,1-2H3. The van der Waals surface area contributed by atoms with E-state index in [1.165, 1.54) is 12.8 Å². The van der Waals surface area contributed by atoms with Crippen LogP contribution < -0.4 is 0 Å². The van der Waals surface area contributed by atoms with Crippen LogP contribution in [0.15, 0.2) is 0 Å². The molecule has 2 aliphatic rings. The van der Waals surface area contributed by atoms with Crippen molar-refractivity contribution in [1.82, 2.24) is 4.90 Å². The Labute approximate surface area is 105 Å². The van der Waals surface area contributed by atoms with Crippen LogP contribution in [0.2, 0.25) is 0 Å². The van der Waals surface area contributed by atoms with Gasteiger partial charge in [-0.15, -0.1) is 0 Å². The normalized spacial score (nSPS) is 33.5. The molecule has 0 aliphatic carbocycles. The van der Waals surface area contributed by atoms with Crippen molar-refractivity contribution in [2.45, 2.75) is 45.6 Å². The van der Waals surface area contributed by atoms with E-state index in [2.05, 4.69) is 24.8 Å². The van der Waals surface area contributed by atoms with Gasteiger partial charge in [-0.1, -0.05) is 13.8 Å². The summed E-state index contributed by atoms with van der Waals surface area (Å²) >= 11 is 0. The van der Waals surface area contributed by atoms with Crippen molar-refractivity contribution in [3.8, 4) is 6.07 Å². The first-order valence-electron chi connectivity index (χ1n) is 6.83. The van der Waals surface area contributed by atoms with Crippen LogP contribution in [-0.4, -0.2) is 37.2 Å². The number of ether oxygens (including phenoxy) is 1. The lowest BCUT2D eigenvalue weighted by molar-refractivity contribution is 0.0149. The van der Waals surface area contributed by atoms with Crippen molar-refractivity contribution in [3.63, 3.8) is 0 Å². The van der Waals surface area contributed by atoms with Gasteiger partial charge in [0.2, 0.25) is 0 Å². The fraction of sp³-hybridized carbons (Fsp3) is 0.929. The van der Waals surface area contributed by atoms with Gasteiger partial charge < -0.3 is 9.64 Å². The van der Waals surface area contributed by atoms with Crippen molar-refractivity contribution in [2.24, 2.45) is 11.3 Å². The quantitative estimate of drug-likeness (QED) is 0.755. The molecule has 0 saturated carbocycles. The maximum absolute atomic E-state index is 8.86. The third-order valence-corrected chi connectivity index (χ3v) is 4.35. The Kier molecular flexibility index (Phi) is 4.06. The van der Waals surface area contributed by atoms with Crippen LogP contribution in [0.25, 0.3) is 0 Å². The van der Waals surface area contributed by atoms with Crippen LogP contribution in [0.5, 0.6) is 0 Å². The van der Waals surface area contributed by atoms with Crippen molar-refractivity contribution >= 4 is 0 Å². The fourth-order valence-electron chi connectivity index (χ4n) is 3.23. The molecule has 0 aromatic heterocycles. The molecular formula is C14H24N2O. The highest BCUT2D eigenvalue weighted by Gasteiger charge is 2.36. The zero-order valence-corrected chi connectivity index (χ0v) is 11.1. The second-order valence-corrected chi connectivity index (χ2v) is 6.21. The number of likely N-dealkylation sites (tertiary alicyclic amines) is 1. The molecule has 0 bridgehead atoms. The van der Waals surface area contributed by atoms with Crippen molar-refractivity contribution < 1.29 is 4.74 Å². The number of hydrogen-bond donors (Lipinski definition) is 0. The summed E-state index contributed by atoms with van der Waals surface area (Å²) in [4.78, 5) is 2.53. The monoisotopic (exact) mass is 236 g/mol. The van der Waals surface area contributed by atoms with Gasteiger partial charge in [-0.3, -0.25) is 0 Å². The molecule has 2 saturated heterocycles. The van der Waals surface area contributed by atoms with Crippen LogP contribution in [0.1, 0.15) is 39.5 Å². The first-order chi connectivity index (χ1) is 8.12. The summed E-state index contributed by atoms with van der Waals surface area (Å²) in [7, 11) is 0. The van der Waals surface area contributed by atoms with E-state index in [0.29, 0.717) is 18.4 Å². The molecule has 0 N–H and O–H groups in total. The second kappa shape index (κ2) is 5.37. The molecule has 96 valence electrons. The van der Waals surface area contributed by atoms with Gasteiger partial charge in [0.05, 0.1) is 12.2 Å². The maximum Gasteiger partial charge on any atom is 0.0702 e. The minimum atomic E-state index is 0.270. The molecule has 2 fully saturated rings. The summed E-state index contributed by atoms with van der Waals surface area (Å²) in [5, 5.41) is 8.86. The number of piperidine rings is 1. The summed E-state index contributed by atoms with van der Waals surface area (Å²) in [5.41, 5.74) is 0.270. The van der Waals surface area contributed by atoms with Crippen molar-refractivity contribution in [1.29, 1.82) is 5.26 Å². The lowest BCUT2D eigenvalue weighted by Gasteiger charge is -2.44. The Bertz CT molecular complexity index is 289. The SMILES string of the molecule is CC1(C)CN(CC2CCCO2)CCC1CC#N. The van der Waals surface area contributed by atoms with E-state index in [-0.39, 0.29) is 5.41 Å². The fourth-order valence-corrected chi connectivity index (χ4v) is 3.23. The lowest BCUT2D eigenvalue weighted by atomic mass is 9.72. The van der Waals surface area contributed by atoms with Crippen LogP contribution in [0.4, 0.5) is 0 Å². The number of nitrogens with zero attached hydrogens (tertiary/aromatic N) is 2. The van der Waals surface area contributed by atoms with Crippen LogP contribution in [-0.2, 0) is 4.74 Å². The first kappa shape index (κ1) is 12.9. The maximum atomic E-state index is 8.86. The number of rotatable bonds is 3. The predicted octanol–water partition coefficient (Wildman–Crippen LogP) is 2.43. The predicted molar refractivity (Wildman–Crippen MR) is 67.5 cm³/mol. The lowest BCUT2D eigenvalue weighted by Crippen LogP contribution is -2.47. The first-order valence-corrected chi connectivity index (χ1v) is 6.83. The van der Waals surface area contributed by atoms with E-state index in [0.717, 1.165) is 32.7 Å². The highest BCUT2D eigenvalue weighted by atomic mass is 16.5. The van der Waals surface area contributed by atoms with E-state index in [1.54, 1.807) is 0 Å². The molecule has 3 nitrogen and oxygen atoms in total. The molecule has 2 atom stereocenters. The molecule has 17 heavy (non-hydrogen) atoms. The van der Waals surface area contributed by atoms with Gasteiger partial charge in [-0.2, -0.15) is 5.26 Å². The van der Waals surface area contributed by atoms with Crippen LogP contribution >= 0.6 is 0 Å². The number of nitriles is 1. The average molecular weight is 236 g/mol. The third-order valence-electron chi connectivity index (χ3n) is 4.35. The van der Waals surface area contributed by atoms with Gasteiger partial charge in [0, 0.05) is 26.1 Å². The molecule has 0 radical (unpaired) electrons. The Balaban J connectivity index is 1.85. The smallest absolute Gasteiger partial charge is 0.0702 e. The molecule has 0 aromatic carbocycles. The minimum absolute atomic E-state index is 0.270. The molecule has 2 heterocycles. The summed E-state index contributed by atoms with van der Waals surface area (Å²) in [6.07, 6.45) is 4.77. The van der Waals surface area contributed by atoms with Gasteiger partial charge in [-0.25, -0.2) is 0 Å². The molecule has 3 heteroatoms. The van der Waals surface area contributed by atoms with E-state index in [1.807, 2.05) is 0 Å². The highest BCUT2D eigenvalue weighted by molar-refractivity contribution is 4.92. The van der Waals surface area contributed by atoms with Gasteiger partial charge in [-0.05, 0) is 37.1 Å². The van der Waals surface area contributed by atoms with E-state index >= 15 is 0 Å². The second-order valence-electron chi connectivity index (χ2n) is 6.21. The Morgan fingerprint density at radius 2 is 2.24 bits per heavy atom. The molecule has 0 amide bonds. The average Bonchev–Trinajstić information content (AvgIpc) is 2.74. The highest BCUT2D eigenvalue weighted by Crippen LogP contribution is 2.37. The number of hydrogen-bond acceptors (Lipinski definition) is 3. The van der Waals surface area contributed by atoms with Crippen molar-refractivity contribution in [3.05, 3.63) is 0 Å². The van der Waals surface area contributed by atoms with E-state index in [9.17, 15) is 0 Å². The van der Waals surface area contributed by atoms with E-state index in [4.69, 9.17) is 10.00 Å². The minimum Gasteiger partial charge on any atom is -0.377 e. The molecular weight excluding hydrogens is 212 g/mol. The van der Waals surface area contributed by atoms with Gasteiger partial charge in [0.25, 0.3) is 0 Å². The van der Waals surface area contributed by atoms with Gasteiger partial charge in [0.15, 0.2) is 0 Å². The zero-order chi connectivity index (χ0) is 12.3. The molecule has 2 rings (SSSR count). The van der Waals surface area contributed by atoms with Gasteiger partial charge in [0.1, 0.15) is 0 Å². The molecule has 0 spiro atoms. The molecule has 0 aromatic rings. The molecule has 2 unspecified atom stereocenters. The topological polar surface area (TPSA) is 36.3 Å².